The summed E-state index contributed by atoms with van der Waals surface area (Å²) in [5.74, 6) is 2.37. The second-order valence-corrected chi connectivity index (χ2v) is 4.78. The third-order valence-electron chi connectivity index (χ3n) is 2.15. The summed E-state index contributed by atoms with van der Waals surface area (Å²) in [6.07, 6.45) is 1.89. The fourth-order valence-corrected chi connectivity index (χ4v) is 1.90. The van der Waals surface area contributed by atoms with Crippen LogP contribution >= 0.6 is 11.8 Å². The SMILES string of the molecule is CCSCC(C)NCc1cn[nH]c1C. The van der Waals surface area contributed by atoms with Crippen LogP contribution in [0.3, 0.4) is 0 Å². The van der Waals surface area contributed by atoms with E-state index in [0.29, 0.717) is 6.04 Å². The Labute approximate surface area is 90.1 Å². The number of aryl methyl sites for hydroxylation is 1. The van der Waals surface area contributed by atoms with Gasteiger partial charge in [0.25, 0.3) is 0 Å². The van der Waals surface area contributed by atoms with Crippen molar-refractivity contribution in [2.24, 2.45) is 0 Å². The number of hydrogen-bond donors (Lipinski definition) is 2. The Morgan fingerprint density at radius 3 is 3.00 bits per heavy atom. The van der Waals surface area contributed by atoms with Gasteiger partial charge in [0.1, 0.15) is 0 Å². The second-order valence-electron chi connectivity index (χ2n) is 3.46. The third kappa shape index (κ3) is 3.72. The maximum absolute atomic E-state index is 3.99. The summed E-state index contributed by atoms with van der Waals surface area (Å²) in [7, 11) is 0. The van der Waals surface area contributed by atoms with Gasteiger partial charge in [-0.1, -0.05) is 6.92 Å². The molecule has 0 aliphatic heterocycles. The molecule has 0 radical (unpaired) electrons. The van der Waals surface area contributed by atoms with Gasteiger partial charge in [0, 0.05) is 29.6 Å². The largest absolute Gasteiger partial charge is 0.309 e. The summed E-state index contributed by atoms with van der Waals surface area (Å²) < 4.78 is 0. The molecular weight excluding hydrogens is 194 g/mol. The molecule has 80 valence electrons. The van der Waals surface area contributed by atoms with Gasteiger partial charge in [-0.3, -0.25) is 5.10 Å². The Hall–Kier alpha value is -0.480. The van der Waals surface area contributed by atoms with Crippen LogP contribution in [-0.2, 0) is 6.54 Å². The van der Waals surface area contributed by atoms with Gasteiger partial charge in [0.05, 0.1) is 6.20 Å². The van der Waals surface area contributed by atoms with Crippen molar-refractivity contribution in [3.05, 3.63) is 17.5 Å². The molecule has 0 aliphatic carbocycles. The summed E-state index contributed by atoms with van der Waals surface area (Å²) in [5, 5.41) is 10.4. The van der Waals surface area contributed by atoms with E-state index in [1.807, 2.05) is 18.0 Å². The topological polar surface area (TPSA) is 40.7 Å². The van der Waals surface area contributed by atoms with Gasteiger partial charge in [0.2, 0.25) is 0 Å². The van der Waals surface area contributed by atoms with Crippen molar-refractivity contribution in [3.63, 3.8) is 0 Å². The number of aromatic amines is 1. The summed E-state index contributed by atoms with van der Waals surface area (Å²) in [6, 6.07) is 0.564. The molecule has 0 fully saturated rings. The molecule has 0 aromatic carbocycles. The van der Waals surface area contributed by atoms with E-state index < -0.39 is 0 Å². The van der Waals surface area contributed by atoms with Crippen molar-refractivity contribution in [1.82, 2.24) is 15.5 Å². The van der Waals surface area contributed by atoms with Crippen molar-refractivity contribution in [3.8, 4) is 0 Å². The Balaban J connectivity index is 2.23. The number of H-pyrrole nitrogens is 1. The highest BCUT2D eigenvalue weighted by molar-refractivity contribution is 7.99. The summed E-state index contributed by atoms with van der Waals surface area (Å²) in [6.45, 7) is 7.37. The monoisotopic (exact) mass is 213 g/mol. The van der Waals surface area contributed by atoms with Crippen LogP contribution in [0.25, 0.3) is 0 Å². The lowest BCUT2D eigenvalue weighted by atomic mass is 10.2. The van der Waals surface area contributed by atoms with E-state index in [0.717, 1.165) is 12.2 Å². The molecule has 1 atom stereocenters. The van der Waals surface area contributed by atoms with Gasteiger partial charge in [-0.25, -0.2) is 0 Å². The molecule has 0 amide bonds. The molecule has 1 aromatic heterocycles. The first-order valence-corrected chi connectivity index (χ1v) is 6.19. The van der Waals surface area contributed by atoms with E-state index in [-0.39, 0.29) is 0 Å². The van der Waals surface area contributed by atoms with E-state index in [4.69, 9.17) is 0 Å². The number of nitrogens with zero attached hydrogens (tertiary/aromatic N) is 1. The first-order valence-electron chi connectivity index (χ1n) is 5.04. The maximum Gasteiger partial charge on any atom is 0.0535 e. The number of rotatable bonds is 6. The smallest absolute Gasteiger partial charge is 0.0535 e. The lowest BCUT2D eigenvalue weighted by molar-refractivity contribution is 0.594. The van der Waals surface area contributed by atoms with Gasteiger partial charge < -0.3 is 5.32 Å². The fourth-order valence-electron chi connectivity index (χ4n) is 1.19. The summed E-state index contributed by atoms with van der Waals surface area (Å²) in [5.41, 5.74) is 2.42. The van der Waals surface area contributed by atoms with Gasteiger partial charge in [0.15, 0.2) is 0 Å². The summed E-state index contributed by atoms with van der Waals surface area (Å²) in [4.78, 5) is 0. The number of thioether (sulfide) groups is 1. The zero-order valence-electron chi connectivity index (χ0n) is 9.13. The highest BCUT2D eigenvalue weighted by Gasteiger charge is 2.03. The average Bonchev–Trinajstić information content (AvgIpc) is 2.58. The molecule has 1 aromatic rings. The molecule has 3 nitrogen and oxygen atoms in total. The average molecular weight is 213 g/mol. The minimum Gasteiger partial charge on any atom is -0.309 e. The molecular formula is C10H19N3S. The van der Waals surface area contributed by atoms with Crippen LogP contribution in [0.4, 0.5) is 0 Å². The van der Waals surface area contributed by atoms with Crippen molar-refractivity contribution in [2.75, 3.05) is 11.5 Å². The van der Waals surface area contributed by atoms with Crippen molar-refractivity contribution in [1.29, 1.82) is 0 Å². The van der Waals surface area contributed by atoms with Crippen LogP contribution in [0.5, 0.6) is 0 Å². The van der Waals surface area contributed by atoms with Gasteiger partial charge in [-0.15, -0.1) is 0 Å². The van der Waals surface area contributed by atoms with Crippen LogP contribution in [0, 0.1) is 6.92 Å². The van der Waals surface area contributed by atoms with E-state index in [1.54, 1.807) is 0 Å². The predicted octanol–water partition coefficient (Wildman–Crippen LogP) is 1.95. The van der Waals surface area contributed by atoms with E-state index >= 15 is 0 Å². The standard InChI is InChI=1S/C10H19N3S/c1-4-14-7-8(2)11-5-10-6-12-13-9(10)3/h6,8,11H,4-5,7H2,1-3H3,(H,12,13). The number of nitrogens with one attached hydrogen (secondary N) is 2. The second kappa shape index (κ2) is 6.09. The molecule has 0 saturated carbocycles. The highest BCUT2D eigenvalue weighted by Crippen LogP contribution is 2.05. The molecule has 14 heavy (non-hydrogen) atoms. The highest BCUT2D eigenvalue weighted by atomic mass is 32.2. The normalized spacial score (nSPS) is 13.1. The lowest BCUT2D eigenvalue weighted by Gasteiger charge is -2.12. The summed E-state index contributed by atoms with van der Waals surface area (Å²) >= 11 is 1.97. The van der Waals surface area contributed by atoms with Crippen LogP contribution in [0.1, 0.15) is 25.1 Å². The molecule has 0 bridgehead atoms. The Bertz CT molecular complexity index is 260. The molecule has 2 N–H and O–H groups in total. The first-order chi connectivity index (χ1) is 6.74. The van der Waals surface area contributed by atoms with Crippen molar-refractivity contribution < 1.29 is 0 Å². The van der Waals surface area contributed by atoms with Gasteiger partial charge in [-0.2, -0.15) is 16.9 Å². The Morgan fingerprint density at radius 2 is 2.43 bits per heavy atom. The number of hydrogen-bond acceptors (Lipinski definition) is 3. The quantitative estimate of drug-likeness (QED) is 0.759. The van der Waals surface area contributed by atoms with Gasteiger partial charge >= 0.3 is 0 Å². The van der Waals surface area contributed by atoms with Gasteiger partial charge in [-0.05, 0) is 19.6 Å². The van der Waals surface area contributed by atoms with Crippen molar-refractivity contribution in [2.45, 2.75) is 33.4 Å². The lowest BCUT2D eigenvalue weighted by Crippen LogP contribution is -2.27. The molecule has 1 heterocycles. The minimum atomic E-state index is 0.564. The molecule has 4 heteroatoms. The molecule has 0 aliphatic rings. The Kier molecular flexibility index (Phi) is 5.04. The van der Waals surface area contributed by atoms with Crippen LogP contribution in [-0.4, -0.2) is 27.7 Å². The van der Waals surface area contributed by atoms with E-state index in [2.05, 4.69) is 36.3 Å². The van der Waals surface area contributed by atoms with Crippen LogP contribution in [0.2, 0.25) is 0 Å². The number of aromatic nitrogens is 2. The minimum absolute atomic E-state index is 0.564. The molecule has 1 rings (SSSR count). The molecule has 0 spiro atoms. The zero-order valence-corrected chi connectivity index (χ0v) is 9.95. The maximum atomic E-state index is 3.99. The molecule has 0 saturated heterocycles. The molecule has 1 unspecified atom stereocenters. The Morgan fingerprint density at radius 1 is 1.64 bits per heavy atom. The third-order valence-corrected chi connectivity index (χ3v) is 3.29. The van der Waals surface area contributed by atoms with Crippen LogP contribution in [0.15, 0.2) is 6.20 Å². The first kappa shape index (κ1) is 11.6. The van der Waals surface area contributed by atoms with Crippen molar-refractivity contribution >= 4 is 11.8 Å². The predicted molar refractivity (Wildman–Crippen MR) is 62.6 cm³/mol. The van der Waals surface area contributed by atoms with E-state index in [1.165, 1.54) is 17.1 Å². The fraction of sp³-hybridized carbons (Fsp3) is 0.700. The van der Waals surface area contributed by atoms with E-state index in [9.17, 15) is 0 Å². The zero-order chi connectivity index (χ0) is 10.4. The van der Waals surface area contributed by atoms with Crippen LogP contribution < -0.4 is 5.32 Å².